The van der Waals surface area contributed by atoms with Crippen LogP contribution in [0.1, 0.15) is 15.9 Å². The largest absolute Gasteiger partial charge is 0.344 e. The van der Waals surface area contributed by atoms with E-state index in [4.69, 9.17) is 0 Å². The fraction of sp³-hybridized carbons (Fsp3) is 0.0500. The van der Waals surface area contributed by atoms with Crippen LogP contribution in [0.2, 0.25) is 0 Å². The molecule has 0 saturated carbocycles. The van der Waals surface area contributed by atoms with Crippen LogP contribution in [-0.4, -0.2) is 18.3 Å². The molecule has 1 heterocycles. The third-order valence-electron chi connectivity index (χ3n) is 3.84. The quantitative estimate of drug-likeness (QED) is 0.677. The predicted molar refractivity (Wildman–Crippen MR) is 94.3 cm³/mol. The number of aromatic nitrogens is 1. The fourth-order valence-corrected chi connectivity index (χ4v) is 2.55. The summed E-state index contributed by atoms with van der Waals surface area (Å²) < 4.78 is 0. The molecule has 3 rings (SSSR count). The number of carbonyl (C=O) groups is 1. The standard InChI is InChI=1S/C20H15N3O/c1-23(18-5-3-2-4-6-18)20-8-7-16(12-17(20)13-21)19-11-15(14-24)9-10-22-19/h2-12,14H,1H3. The van der Waals surface area contributed by atoms with Crippen LogP contribution in [0.25, 0.3) is 11.3 Å². The molecule has 0 amide bonds. The van der Waals surface area contributed by atoms with Gasteiger partial charge in [-0.25, -0.2) is 0 Å². The highest BCUT2D eigenvalue weighted by Gasteiger charge is 2.11. The number of aldehydes is 1. The molecule has 24 heavy (non-hydrogen) atoms. The molecule has 0 N–H and O–H groups in total. The van der Waals surface area contributed by atoms with Crippen LogP contribution in [0.4, 0.5) is 11.4 Å². The molecular weight excluding hydrogens is 298 g/mol. The summed E-state index contributed by atoms with van der Waals surface area (Å²) in [5, 5.41) is 9.53. The van der Waals surface area contributed by atoms with Crippen molar-refractivity contribution in [3.8, 4) is 17.3 Å². The van der Waals surface area contributed by atoms with Crippen LogP contribution >= 0.6 is 0 Å². The first-order chi connectivity index (χ1) is 11.7. The summed E-state index contributed by atoms with van der Waals surface area (Å²) in [5.41, 5.74) is 4.41. The van der Waals surface area contributed by atoms with Crippen LogP contribution in [0.15, 0.2) is 66.9 Å². The van der Waals surface area contributed by atoms with Gasteiger partial charge in [-0.15, -0.1) is 0 Å². The van der Waals surface area contributed by atoms with Gasteiger partial charge in [0.05, 0.1) is 16.9 Å². The second-order valence-corrected chi connectivity index (χ2v) is 5.33. The van der Waals surface area contributed by atoms with E-state index in [0.29, 0.717) is 16.8 Å². The molecule has 0 bridgehead atoms. The second kappa shape index (κ2) is 6.76. The summed E-state index contributed by atoms with van der Waals surface area (Å²) in [6.07, 6.45) is 2.38. The van der Waals surface area contributed by atoms with Gasteiger partial charge in [-0.3, -0.25) is 9.78 Å². The molecule has 0 fully saturated rings. The van der Waals surface area contributed by atoms with Gasteiger partial charge in [-0.1, -0.05) is 24.3 Å². The molecule has 0 aliphatic rings. The zero-order valence-corrected chi connectivity index (χ0v) is 13.2. The number of rotatable bonds is 4. The van der Waals surface area contributed by atoms with Crippen molar-refractivity contribution >= 4 is 17.7 Å². The van der Waals surface area contributed by atoms with Crippen molar-refractivity contribution in [3.63, 3.8) is 0 Å². The third kappa shape index (κ3) is 3.01. The van der Waals surface area contributed by atoms with Crippen molar-refractivity contribution < 1.29 is 4.79 Å². The minimum atomic E-state index is 0.553. The Kier molecular flexibility index (Phi) is 4.35. The molecule has 0 aliphatic carbocycles. The Balaban J connectivity index is 2.02. The monoisotopic (exact) mass is 313 g/mol. The number of carbonyl (C=O) groups excluding carboxylic acids is 1. The minimum absolute atomic E-state index is 0.553. The van der Waals surface area contributed by atoms with E-state index in [2.05, 4.69) is 11.1 Å². The summed E-state index contributed by atoms with van der Waals surface area (Å²) in [5.74, 6) is 0. The number of hydrogen-bond donors (Lipinski definition) is 0. The van der Waals surface area contributed by atoms with E-state index < -0.39 is 0 Å². The number of para-hydroxylation sites is 1. The highest BCUT2D eigenvalue weighted by molar-refractivity contribution is 5.79. The summed E-state index contributed by atoms with van der Waals surface area (Å²) in [7, 11) is 1.93. The van der Waals surface area contributed by atoms with Crippen LogP contribution < -0.4 is 4.90 Å². The van der Waals surface area contributed by atoms with Gasteiger partial charge in [0, 0.05) is 30.1 Å². The lowest BCUT2D eigenvalue weighted by Crippen LogP contribution is -2.10. The van der Waals surface area contributed by atoms with E-state index in [1.165, 1.54) is 0 Å². The number of nitrogens with zero attached hydrogens (tertiary/aromatic N) is 3. The second-order valence-electron chi connectivity index (χ2n) is 5.33. The van der Waals surface area contributed by atoms with Crippen molar-refractivity contribution in [1.29, 1.82) is 5.26 Å². The molecule has 116 valence electrons. The molecule has 0 aliphatic heterocycles. The number of benzene rings is 2. The van der Waals surface area contributed by atoms with Gasteiger partial charge in [0.25, 0.3) is 0 Å². The molecule has 0 atom stereocenters. The minimum Gasteiger partial charge on any atom is -0.344 e. The summed E-state index contributed by atoms with van der Waals surface area (Å²) in [6, 6.07) is 21.1. The van der Waals surface area contributed by atoms with E-state index in [9.17, 15) is 10.1 Å². The summed E-state index contributed by atoms with van der Waals surface area (Å²) in [6.45, 7) is 0. The first-order valence-electron chi connectivity index (χ1n) is 7.47. The van der Waals surface area contributed by atoms with Crippen molar-refractivity contribution in [2.75, 3.05) is 11.9 Å². The number of anilines is 2. The van der Waals surface area contributed by atoms with E-state index in [0.717, 1.165) is 23.2 Å². The summed E-state index contributed by atoms with van der Waals surface area (Å²) in [4.78, 5) is 17.2. The van der Waals surface area contributed by atoms with Crippen LogP contribution in [0.5, 0.6) is 0 Å². The van der Waals surface area contributed by atoms with Crippen LogP contribution in [0.3, 0.4) is 0 Å². The van der Waals surface area contributed by atoms with Crippen molar-refractivity contribution in [1.82, 2.24) is 4.98 Å². The summed E-state index contributed by atoms with van der Waals surface area (Å²) >= 11 is 0. The van der Waals surface area contributed by atoms with Crippen molar-refractivity contribution in [2.24, 2.45) is 0 Å². The predicted octanol–water partition coefficient (Wildman–Crippen LogP) is 4.20. The van der Waals surface area contributed by atoms with Crippen LogP contribution in [-0.2, 0) is 0 Å². The number of pyridine rings is 1. The molecule has 0 unspecified atom stereocenters. The van der Waals surface area contributed by atoms with E-state index in [1.54, 1.807) is 24.4 Å². The van der Waals surface area contributed by atoms with Gasteiger partial charge in [0.1, 0.15) is 12.4 Å². The zero-order chi connectivity index (χ0) is 16.9. The molecular formula is C20H15N3O. The van der Waals surface area contributed by atoms with Gasteiger partial charge in [0.2, 0.25) is 0 Å². The third-order valence-corrected chi connectivity index (χ3v) is 3.84. The molecule has 1 aromatic heterocycles. The van der Waals surface area contributed by atoms with Gasteiger partial charge in [-0.05, 0) is 36.4 Å². The van der Waals surface area contributed by atoms with Gasteiger partial charge in [0.15, 0.2) is 0 Å². The number of hydrogen-bond acceptors (Lipinski definition) is 4. The van der Waals surface area contributed by atoms with Gasteiger partial charge < -0.3 is 4.90 Å². The maximum absolute atomic E-state index is 10.9. The average Bonchev–Trinajstić information content (AvgIpc) is 2.67. The van der Waals surface area contributed by atoms with E-state index in [1.807, 2.05) is 54.4 Å². The Morgan fingerprint density at radius 3 is 2.58 bits per heavy atom. The highest BCUT2D eigenvalue weighted by atomic mass is 16.1. The van der Waals surface area contributed by atoms with E-state index >= 15 is 0 Å². The smallest absolute Gasteiger partial charge is 0.150 e. The lowest BCUT2D eigenvalue weighted by atomic mass is 10.0. The Morgan fingerprint density at radius 1 is 1.08 bits per heavy atom. The Bertz CT molecular complexity index is 914. The normalized spacial score (nSPS) is 10.0. The van der Waals surface area contributed by atoms with Gasteiger partial charge >= 0.3 is 0 Å². The van der Waals surface area contributed by atoms with Crippen molar-refractivity contribution in [2.45, 2.75) is 0 Å². The maximum Gasteiger partial charge on any atom is 0.150 e. The molecule has 4 nitrogen and oxygen atoms in total. The van der Waals surface area contributed by atoms with Crippen molar-refractivity contribution in [3.05, 3.63) is 78.0 Å². The van der Waals surface area contributed by atoms with Gasteiger partial charge in [-0.2, -0.15) is 5.26 Å². The first kappa shape index (κ1) is 15.4. The zero-order valence-electron chi connectivity index (χ0n) is 13.2. The molecule has 0 saturated heterocycles. The highest BCUT2D eigenvalue weighted by Crippen LogP contribution is 2.30. The SMILES string of the molecule is CN(c1ccccc1)c1ccc(-c2cc(C=O)ccn2)cc1C#N. The average molecular weight is 313 g/mol. The Morgan fingerprint density at radius 2 is 1.88 bits per heavy atom. The lowest BCUT2D eigenvalue weighted by molar-refractivity contribution is 0.112. The maximum atomic E-state index is 10.9. The van der Waals surface area contributed by atoms with Crippen LogP contribution in [0, 0.1) is 11.3 Å². The first-order valence-corrected chi connectivity index (χ1v) is 7.47. The molecule has 4 heteroatoms. The molecule has 0 spiro atoms. The topological polar surface area (TPSA) is 57.0 Å². The number of nitriles is 1. The molecule has 2 aromatic carbocycles. The molecule has 3 aromatic rings. The fourth-order valence-electron chi connectivity index (χ4n) is 2.55. The molecule has 0 radical (unpaired) electrons. The Hall–Kier alpha value is -3.45. The lowest BCUT2D eigenvalue weighted by Gasteiger charge is -2.21. The Labute approximate surface area is 140 Å². The van der Waals surface area contributed by atoms with E-state index in [-0.39, 0.29) is 0 Å².